The zero-order valence-electron chi connectivity index (χ0n) is 22.5. The number of benzene rings is 5. The first kappa shape index (κ1) is 24.4. The average molecular weight is 548 g/mol. The second-order valence-corrected chi connectivity index (χ2v) is 11.1. The van der Waals surface area contributed by atoms with Gasteiger partial charge in [-0.15, -0.1) is 0 Å². The number of rotatable bonds is 4. The molecular formula is C36H25N3O3. The van der Waals surface area contributed by atoms with Gasteiger partial charge in [0.25, 0.3) is 5.91 Å². The maximum atomic E-state index is 14.7. The van der Waals surface area contributed by atoms with Gasteiger partial charge in [0.2, 0.25) is 11.8 Å². The van der Waals surface area contributed by atoms with Gasteiger partial charge in [-0.2, -0.15) is 5.10 Å². The van der Waals surface area contributed by atoms with Crippen LogP contribution in [0.15, 0.2) is 126 Å². The van der Waals surface area contributed by atoms with Crippen molar-refractivity contribution in [3.8, 4) is 0 Å². The zero-order chi connectivity index (χ0) is 28.4. The highest BCUT2D eigenvalue weighted by Gasteiger charge is 2.68. The normalized spacial score (nSPS) is 23.6. The number of amides is 3. The molecule has 0 radical (unpaired) electrons. The summed E-state index contributed by atoms with van der Waals surface area (Å²) in [7, 11) is 0. The molecule has 3 amide bonds. The van der Waals surface area contributed by atoms with Crippen molar-refractivity contribution in [1.82, 2.24) is 5.43 Å². The van der Waals surface area contributed by atoms with E-state index in [4.69, 9.17) is 0 Å². The van der Waals surface area contributed by atoms with Crippen LogP contribution in [0, 0.1) is 11.8 Å². The van der Waals surface area contributed by atoms with Gasteiger partial charge < -0.3 is 0 Å². The Morgan fingerprint density at radius 2 is 1.33 bits per heavy atom. The van der Waals surface area contributed by atoms with Crippen LogP contribution >= 0.6 is 0 Å². The van der Waals surface area contributed by atoms with Gasteiger partial charge in [0.05, 0.1) is 22.9 Å². The molecule has 2 bridgehead atoms. The van der Waals surface area contributed by atoms with Gasteiger partial charge in [-0.05, 0) is 45.8 Å². The summed E-state index contributed by atoms with van der Waals surface area (Å²) >= 11 is 0. The van der Waals surface area contributed by atoms with E-state index in [1.54, 1.807) is 30.5 Å². The first-order chi connectivity index (χ1) is 20.6. The standard InChI is InChI=1S/C36H25N3O3/c40-33(23-12-2-1-3-13-23)38-37-21-36-27-18-8-6-16-25(27)30(26-17-7-9-19-28(26)36)31-32(36)35(42)39(34(31)41)29-20-10-14-22-11-4-5-15-24(22)29/h1-21,30-32H,(H,38,40)/b37-21-/t30?,31-,32+,36?/m0/s1. The zero-order valence-corrected chi connectivity index (χ0v) is 22.5. The third-order valence-corrected chi connectivity index (χ3v) is 9.16. The fourth-order valence-electron chi connectivity index (χ4n) is 7.54. The van der Waals surface area contributed by atoms with E-state index in [1.807, 2.05) is 84.9 Å². The molecule has 42 heavy (non-hydrogen) atoms. The highest BCUT2D eigenvalue weighted by molar-refractivity contribution is 6.27. The van der Waals surface area contributed by atoms with E-state index in [1.165, 1.54) is 4.90 Å². The van der Waals surface area contributed by atoms with E-state index in [-0.39, 0.29) is 23.6 Å². The SMILES string of the molecule is O=C(N/N=C\C12c3ccccc3C(c3ccccc31)[C@@H]1C(=O)N(c3cccc4ccccc34)C(=O)[C@@H]12)c1ccccc1. The van der Waals surface area contributed by atoms with Crippen LogP contribution in [0.4, 0.5) is 5.69 Å². The van der Waals surface area contributed by atoms with Gasteiger partial charge in [-0.25, -0.2) is 10.3 Å². The maximum Gasteiger partial charge on any atom is 0.271 e. The maximum absolute atomic E-state index is 14.7. The predicted octanol–water partition coefficient (Wildman–Crippen LogP) is 5.81. The molecule has 5 aromatic rings. The van der Waals surface area contributed by atoms with E-state index < -0.39 is 17.3 Å². The lowest BCUT2D eigenvalue weighted by molar-refractivity contribution is -0.122. The highest BCUT2D eigenvalue weighted by atomic mass is 16.2. The van der Waals surface area contributed by atoms with E-state index >= 15 is 0 Å². The van der Waals surface area contributed by atoms with Gasteiger partial charge in [0, 0.05) is 23.1 Å². The Kier molecular flexibility index (Phi) is 5.28. The molecule has 1 aliphatic heterocycles. The van der Waals surface area contributed by atoms with Crippen molar-refractivity contribution in [2.75, 3.05) is 4.90 Å². The molecular weight excluding hydrogens is 522 g/mol. The number of fused-ring (bicyclic) bond motifs is 1. The summed E-state index contributed by atoms with van der Waals surface area (Å²) < 4.78 is 0. The topological polar surface area (TPSA) is 78.8 Å². The first-order valence-electron chi connectivity index (χ1n) is 14.1. The van der Waals surface area contributed by atoms with Crippen molar-refractivity contribution in [3.63, 3.8) is 0 Å². The highest BCUT2D eigenvalue weighted by Crippen LogP contribution is 2.63. The summed E-state index contributed by atoms with van der Waals surface area (Å²) in [4.78, 5) is 43.5. The minimum atomic E-state index is -1.05. The molecule has 5 aromatic carbocycles. The van der Waals surface area contributed by atoms with Crippen LogP contribution in [0.5, 0.6) is 0 Å². The van der Waals surface area contributed by atoms with Crippen LogP contribution in [0.3, 0.4) is 0 Å². The number of imide groups is 1. The van der Waals surface area contributed by atoms with Crippen molar-refractivity contribution >= 4 is 40.4 Å². The molecule has 202 valence electrons. The van der Waals surface area contributed by atoms with Gasteiger partial charge in [0.1, 0.15) is 0 Å². The Hall–Kier alpha value is -5.36. The predicted molar refractivity (Wildman–Crippen MR) is 161 cm³/mol. The molecule has 0 unspecified atom stereocenters. The molecule has 0 saturated carbocycles. The molecule has 0 aromatic heterocycles. The number of hydrazone groups is 1. The van der Waals surface area contributed by atoms with Gasteiger partial charge >= 0.3 is 0 Å². The van der Waals surface area contributed by atoms with Crippen molar-refractivity contribution < 1.29 is 14.4 Å². The number of hydrogen-bond acceptors (Lipinski definition) is 4. The molecule has 1 fully saturated rings. The van der Waals surface area contributed by atoms with E-state index in [0.717, 1.165) is 33.0 Å². The average Bonchev–Trinajstić information content (AvgIpc) is 3.31. The van der Waals surface area contributed by atoms with Gasteiger partial charge in [0.15, 0.2) is 0 Å². The number of nitrogens with one attached hydrogen (secondary N) is 1. The third kappa shape index (κ3) is 3.20. The van der Waals surface area contributed by atoms with Crippen molar-refractivity contribution in [2.45, 2.75) is 11.3 Å². The van der Waals surface area contributed by atoms with Crippen LogP contribution in [-0.4, -0.2) is 23.9 Å². The molecule has 6 nitrogen and oxygen atoms in total. The Morgan fingerprint density at radius 3 is 2.07 bits per heavy atom. The molecule has 1 N–H and O–H groups in total. The number of carbonyl (C=O) groups is 3. The molecule has 4 aliphatic rings. The van der Waals surface area contributed by atoms with Crippen LogP contribution in [0.1, 0.15) is 38.5 Å². The van der Waals surface area contributed by atoms with Crippen LogP contribution in [0.2, 0.25) is 0 Å². The summed E-state index contributed by atoms with van der Waals surface area (Å²) in [6.45, 7) is 0. The van der Waals surface area contributed by atoms with Crippen LogP contribution in [-0.2, 0) is 15.0 Å². The smallest absolute Gasteiger partial charge is 0.271 e. The van der Waals surface area contributed by atoms with Gasteiger partial charge in [-0.3, -0.25) is 14.4 Å². The first-order valence-corrected chi connectivity index (χ1v) is 14.1. The molecule has 0 spiro atoms. The molecule has 6 heteroatoms. The largest absolute Gasteiger partial charge is 0.274 e. The molecule has 2 atom stereocenters. The van der Waals surface area contributed by atoms with E-state index in [9.17, 15) is 14.4 Å². The second kappa shape index (κ2) is 9.08. The quantitative estimate of drug-likeness (QED) is 0.175. The summed E-state index contributed by atoms with van der Waals surface area (Å²) in [6, 6.07) is 38.4. The lowest BCUT2D eigenvalue weighted by Gasteiger charge is -2.52. The fourth-order valence-corrected chi connectivity index (χ4v) is 7.54. The summed E-state index contributed by atoms with van der Waals surface area (Å²) in [6.07, 6.45) is 1.69. The lowest BCUT2D eigenvalue weighted by Crippen LogP contribution is -2.54. The molecule has 9 rings (SSSR count). The van der Waals surface area contributed by atoms with Crippen molar-refractivity contribution in [3.05, 3.63) is 149 Å². The minimum Gasteiger partial charge on any atom is -0.274 e. The summed E-state index contributed by atoms with van der Waals surface area (Å²) in [5, 5.41) is 6.30. The second-order valence-electron chi connectivity index (χ2n) is 11.1. The fraction of sp³-hybridized carbons (Fsp3) is 0.111. The molecule has 1 saturated heterocycles. The van der Waals surface area contributed by atoms with Crippen molar-refractivity contribution in [1.29, 1.82) is 0 Å². The lowest BCUT2D eigenvalue weighted by atomic mass is 9.47. The Bertz CT molecular complexity index is 1910. The van der Waals surface area contributed by atoms with E-state index in [0.29, 0.717) is 11.3 Å². The van der Waals surface area contributed by atoms with Crippen molar-refractivity contribution in [2.24, 2.45) is 16.9 Å². The third-order valence-electron chi connectivity index (χ3n) is 9.16. The minimum absolute atomic E-state index is 0.207. The molecule has 1 heterocycles. The van der Waals surface area contributed by atoms with Crippen LogP contribution < -0.4 is 10.3 Å². The summed E-state index contributed by atoms with van der Waals surface area (Å²) in [5.41, 5.74) is 6.60. The number of nitrogens with zero attached hydrogens (tertiary/aromatic N) is 2. The Labute approximate surface area is 242 Å². The van der Waals surface area contributed by atoms with Gasteiger partial charge in [-0.1, -0.05) is 103 Å². The monoisotopic (exact) mass is 547 g/mol. The Balaban J connectivity index is 1.33. The number of anilines is 1. The number of carbonyl (C=O) groups excluding carboxylic acids is 3. The molecule has 3 aliphatic carbocycles. The Morgan fingerprint density at radius 1 is 0.714 bits per heavy atom. The summed E-state index contributed by atoms with van der Waals surface area (Å²) in [5.74, 6) is -2.42. The number of hydrogen-bond donors (Lipinski definition) is 1. The van der Waals surface area contributed by atoms with Crippen LogP contribution in [0.25, 0.3) is 10.8 Å². The van der Waals surface area contributed by atoms with E-state index in [2.05, 4.69) is 22.7 Å².